The molecule has 1 aliphatic carbocycles. The van der Waals surface area contributed by atoms with E-state index in [0.29, 0.717) is 23.8 Å². The highest BCUT2D eigenvalue weighted by atomic mass is 19.1. The summed E-state index contributed by atoms with van der Waals surface area (Å²) < 4.78 is 18.5. The molecule has 0 aromatic heterocycles. The smallest absolute Gasteiger partial charge is 0.126 e. The van der Waals surface area contributed by atoms with Gasteiger partial charge in [-0.15, -0.1) is 0 Å². The van der Waals surface area contributed by atoms with Gasteiger partial charge in [0.1, 0.15) is 18.2 Å². The maximum Gasteiger partial charge on any atom is 0.126 e. The van der Waals surface area contributed by atoms with Gasteiger partial charge in [0.05, 0.1) is 0 Å². The van der Waals surface area contributed by atoms with Crippen molar-refractivity contribution in [1.29, 1.82) is 0 Å². The van der Waals surface area contributed by atoms with Crippen molar-refractivity contribution in [2.24, 2.45) is 11.7 Å². The summed E-state index contributed by atoms with van der Waals surface area (Å²) in [6, 6.07) is 4.89. The van der Waals surface area contributed by atoms with Crippen LogP contribution in [-0.2, 0) is 0 Å². The molecule has 0 saturated heterocycles. The Labute approximate surface area is 89.2 Å². The minimum atomic E-state index is -0.200. The first kappa shape index (κ1) is 10.4. The molecule has 3 heteroatoms. The van der Waals surface area contributed by atoms with Gasteiger partial charge < -0.3 is 10.5 Å². The second-order valence-electron chi connectivity index (χ2n) is 4.22. The summed E-state index contributed by atoms with van der Waals surface area (Å²) in [5.41, 5.74) is 6.50. The summed E-state index contributed by atoms with van der Waals surface area (Å²) in [4.78, 5) is 0. The molecule has 1 atom stereocenters. The van der Waals surface area contributed by atoms with Crippen molar-refractivity contribution in [3.63, 3.8) is 0 Å². The third-order valence-electron chi connectivity index (χ3n) is 2.80. The molecule has 0 radical (unpaired) electrons. The third-order valence-corrected chi connectivity index (χ3v) is 2.80. The van der Waals surface area contributed by atoms with Crippen LogP contribution in [-0.4, -0.2) is 12.6 Å². The van der Waals surface area contributed by atoms with Crippen LogP contribution >= 0.6 is 0 Å². The van der Waals surface area contributed by atoms with Crippen molar-refractivity contribution >= 4 is 0 Å². The zero-order chi connectivity index (χ0) is 10.8. The number of nitrogens with two attached hydrogens (primary N) is 1. The minimum absolute atomic E-state index is 0.121. The lowest BCUT2D eigenvalue weighted by atomic mass is 10.2. The summed E-state index contributed by atoms with van der Waals surface area (Å²) in [7, 11) is 0. The molecule has 0 amide bonds. The van der Waals surface area contributed by atoms with E-state index in [1.165, 1.54) is 18.9 Å². The van der Waals surface area contributed by atoms with Gasteiger partial charge in [-0.25, -0.2) is 4.39 Å². The van der Waals surface area contributed by atoms with Crippen molar-refractivity contribution in [1.82, 2.24) is 0 Å². The Bertz CT molecular complexity index is 349. The maximum absolute atomic E-state index is 13.0. The molecule has 2 N–H and O–H groups in total. The molecule has 1 aromatic rings. The van der Waals surface area contributed by atoms with Crippen LogP contribution in [0.5, 0.6) is 5.75 Å². The van der Waals surface area contributed by atoms with Gasteiger partial charge in [0.2, 0.25) is 0 Å². The van der Waals surface area contributed by atoms with Crippen LogP contribution in [0.3, 0.4) is 0 Å². The molecule has 0 aliphatic heterocycles. The highest BCUT2D eigenvalue weighted by molar-refractivity contribution is 5.28. The Hall–Kier alpha value is -1.09. The molecular weight excluding hydrogens is 193 g/mol. The molecule has 1 fully saturated rings. The van der Waals surface area contributed by atoms with Gasteiger partial charge in [-0.2, -0.15) is 0 Å². The third kappa shape index (κ3) is 2.69. The summed E-state index contributed by atoms with van der Waals surface area (Å²) in [5.74, 6) is 1.13. The van der Waals surface area contributed by atoms with E-state index in [-0.39, 0.29) is 11.9 Å². The lowest BCUT2D eigenvalue weighted by molar-refractivity contribution is 0.275. The summed E-state index contributed by atoms with van der Waals surface area (Å²) in [6.45, 7) is 2.25. The first-order valence-corrected chi connectivity index (χ1v) is 5.31. The van der Waals surface area contributed by atoms with E-state index < -0.39 is 0 Å². The van der Waals surface area contributed by atoms with Gasteiger partial charge in [0, 0.05) is 6.04 Å². The summed E-state index contributed by atoms with van der Waals surface area (Å²) >= 11 is 0. The maximum atomic E-state index is 13.0. The van der Waals surface area contributed by atoms with Crippen LogP contribution in [0.1, 0.15) is 18.4 Å². The lowest BCUT2D eigenvalue weighted by Crippen LogP contribution is -2.29. The zero-order valence-electron chi connectivity index (χ0n) is 8.87. The number of ether oxygens (including phenoxy) is 1. The van der Waals surface area contributed by atoms with E-state index in [2.05, 4.69) is 0 Å². The van der Waals surface area contributed by atoms with Crippen LogP contribution in [0, 0.1) is 18.7 Å². The Morgan fingerprint density at radius 1 is 1.53 bits per heavy atom. The molecule has 1 saturated carbocycles. The number of aryl methyl sites for hydroxylation is 1. The van der Waals surface area contributed by atoms with E-state index in [1.54, 1.807) is 19.1 Å². The highest BCUT2D eigenvalue weighted by Crippen LogP contribution is 2.31. The van der Waals surface area contributed by atoms with Crippen LogP contribution in [0.4, 0.5) is 4.39 Å². The molecule has 1 unspecified atom stereocenters. The van der Waals surface area contributed by atoms with Crippen LogP contribution in [0.15, 0.2) is 18.2 Å². The molecule has 1 aromatic carbocycles. The Kier molecular flexibility index (Phi) is 2.91. The van der Waals surface area contributed by atoms with Gasteiger partial charge in [0.15, 0.2) is 0 Å². The van der Waals surface area contributed by atoms with Crippen LogP contribution in [0.2, 0.25) is 0 Å². The van der Waals surface area contributed by atoms with Gasteiger partial charge >= 0.3 is 0 Å². The second-order valence-corrected chi connectivity index (χ2v) is 4.22. The summed E-state index contributed by atoms with van der Waals surface area (Å²) in [5, 5.41) is 0. The molecule has 0 spiro atoms. The molecule has 0 heterocycles. The second kappa shape index (κ2) is 4.19. The van der Waals surface area contributed by atoms with E-state index in [0.717, 1.165) is 0 Å². The zero-order valence-corrected chi connectivity index (χ0v) is 8.87. The van der Waals surface area contributed by atoms with E-state index in [1.807, 2.05) is 0 Å². The van der Waals surface area contributed by atoms with Crippen LogP contribution < -0.4 is 10.5 Å². The van der Waals surface area contributed by atoms with Crippen molar-refractivity contribution in [2.45, 2.75) is 25.8 Å². The highest BCUT2D eigenvalue weighted by Gasteiger charge is 2.28. The number of halogens is 1. The quantitative estimate of drug-likeness (QED) is 0.825. The standard InChI is InChI=1S/C12H16FNO/c1-8-6-10(4-5-11(8)13)15-7-12(14)9-2-3-9/h4-6,9,12H,2-3,7,14H2,1H3. The van der Waals surface area contributed by atoms with Crippen molar-refractivity contribution in [3.05, 3.63) is 29.6 Å². The van der Waals surface area contributed by atoms with Crippen molar-refractivity contribution in [3.8, 4) is 5.75 Å². The van der Waals surface area contributed by atoms with Gasteiger partial charge in [-0.1, -0.05) is 0 Å². The van der Waals surface area contributed by atoms with Crippen molar-refractivity contribution < 1.29 is 9.13 Å². The topological polar surface area (TPSA) is 35.2 Å². The molecular formula is C12H16FNO. The number of hydrogen-bond acceptors (Lipinski definition) is 2. The van der Waals surface area contributed by atoms with Gasteiger partial charge in [0.25, 0.3) is 0 Å². The van der Waals surface area contributed by atoms with E-state index >= 15 is 0 Å². The Morgan fingerprint density at radius 3 is 2.87 bits per heavy atom. The molecule has 0 bridgehead atoms. The first-order valence-electron chi connectivity index (χ1n) is 5.31. The Morgan fingerprint density at radius 2 is 2.27 bits per heavy atom. The molecule has 15 heavy (non-hydrogen) atoms. The molecule has 1 aliphatic rings. The SMILES string of the molecule is Cc1cc(OCC(N)C2CC2)ccc1F. The number of benzene rings is 1. The largest absolute Gasteiger partial charge is 0.492 e. The Balaban J connectivity index is 1.89. The fourth-order valence-corrected chi connectivity index (χ4v) is 1.56. The van der Waals surface area contributed by atoms with Gasteiger partial charge in [-0.05, 0) is 49.4 Å². The predicted molar refractivity (Wildman–Crippen MR) is 57.3 cm³/mol. The van der Waals surface area contributed by atoms with Gasteiger partial charge in [-0.3, -0.25) is 0 Å². The molecule has 2 rings (SSSR count). The van der Waals surface area contributed by atoms with E-state index in [9.17, 15) is 4.39 Å². The fraction of sp³-hybridized carbons (Fsp3) is 0.500. The minimum Gasteiger partial charge on any atom is -0.492 e. The summed E-state index contributed by atoms with van der Waals surface area (Å²) in [6.07, 6.45) is 2.43. The van der Waals surface area contributed by atoms with E-state index in [4.69, 9.17) is 10.5 Å². The average Bonchev–Trinajstić information content (AvgIpc) is 3.03. The number of rotatable bonds is 4. The normalized spacial score (nSPS) is 17.5. The molecule has 2 nitrogen and oxygen atoms in total. The average molecular weight is 209 g/mol. The van der Waals surface area contributed by atoms with Crippen LogP contribution in [0.25, 0.3) is 0 Å². The molecule has 82 valence electrons. The number of hydrogen-bond donors (Lipinski definition) is 1. The predicted octanol–water partition coefficient (Wildman–Crippen LogP) is 2.25. The van der Waals surface area contributed by atoms with Crippen molar-refractivity contribution in [2.75, 3.05) is 6.61 Å². The fourth-order valence-electron chi connectivity index (χ4n) is 1.56. The monoisotopic (exact) mass is 209 g/mol. The first-order chi connectivity index (χ1) is 7.16. The lowest BCUT2D eigenvalue weighted by Gasteiger charge is -2.12.